The smallest absolute Gasteiger partial charge is 0.325 e. The summed E-state index contributed by atoms with van der Waals surface area (Å²) in [6.07, 6.45) is 9.29. The molecule has 0 spiro atoms. The van der Waals surface area contributed by atoms with Crippen LogP contribution in [0.5, 0.6) is 0 Å². The molecule has 3 rings (SSSR count). The van der Waals surface area contributed by atoms with Crippen molar-refractivity contribution in [2.45, 2.75) is 108 Å². The van der Waals surface area contributed by atoms with Crippen LogP contribution in [0.4, 0.5) is 4.79 Å². The number of nitrogens with one attached hydrogen (secondary N) is 2. The van der Waals surface area contributed by atoms with Crippen LogP contribution in [0.25, 0.3) is 0 Å². The maximum atomic E-state index is 13.2. The minimum absolute atomic E-state index is 0.0118. The van der Waals surface area contributed by atoms with Crippen LogP contribution in [0.3, 0.4) is 0 Å². The summed E-state index contributed by atoms with van der Waals surface area (Å²) in [6.45, 7) is 9.40. The second-order valence-corrected chi connectivity index (χ2v) is 12.2. The molecular weight excluding hydrogens is 458 g/mol. The number of unbranched alkanes of at least 4 members (excludes halogenated alkanes) is 5. The van der Waals surface area contributed by atoms with Gasteiger partial charge >= 0.3 is 6.03 Å². The van der Waals surface area contributed by atoms with Gasteiger partial charge < -0.3 is 10.6 Å². The Labute approximate surface area is 215 Å². The van der Waals surface area contributed by atoms with E-state index >= 15 is 0 Å². The number of thioether (sulfide) groups is 1. The molecule has 194 valence electrons. The van der Waals surface area contributed by atoms with E-state index in [0.29, 0.717) is 12.0 Å². The monoisotopic (exact) mass is 501 g/mol. The number of nitrogens with zero attached hydrogens (tertiary/aromatic N) is 1. The molecular formula is C28H43N3O3S. The Bertz CT molecular complexity index is 865. The third-order valence-electron chi connectivity index (χ3n) is 7.10. The van der Waals surface area contributed by atoms with Crippen molar-refractivity contribution in [2.24, 2.45) is 0 Å². The summed E-state index contributed by atoms with van der Waals surface area (Å²) in [5, 5.41) is 6.38. The SMILES string of the molecule is CCCCCCCNC(=O)CCCCC1SCC2C1NC(=O)N2C(=O)c1ccc(C(C)(C)C)cc1. The van der Waals surface area contributed by atoms with E-state index < -0.39 is 0 Å². The minimum Gasteiger partial charge on any atom is -0.356 e. The molecule has 35 heavy (non-hydrogen) atoms. The lowest BCUT2D eigenvalue weighted by atomic mass is 9.86. The Kier molecular flexibility index (Phi) is 10.1. The molecule has 2 heterocycles. The lowest BCUT2D eigenvalue weighted by Gasteiger charge is -2.22. The minimum atomic E-state index is -0.284. The Morgan fingerprint density at radius 1 is 1.06 bits per heavy atom. The van der Waals surface area contributed by atoms with Crippen LogP contribution in [-0.2, 0) is 10.2 Å². The second kappa shape index (κ2) is 12.8. The van der Waals surface area contributed by atoms with E-state index in [1.165, 1.54) is 30.6 Å². The highest BCUT2D eigenvalue weighted by atomic mass is 32.2. The van der Waals surface area contributed by atoms with Crippen molar-refractivity contribution in [2.75, 3.05) is 12.3 Å². The summed E-state index contributed by atoms with van der Waals surface area (Å²) >= 11 is 1.83. The number of hydrogen-bond donors (Lipinski definition) is 2. The van der Waals surface area contributed by atoms with Gasteiger partial charge in [-0.2, -0.15) is 11.8 Å². The van der Waals surface area contributed by atoms with Gasteiger partial charge in [-0.1, -0.05) is 71.9 Å². The van der Waals surface area contributed by atoms with E-state index in [0.717, 1.165) is 43.5 Å². The number of imide groups is 1. The van der Waals surface area contributed by atoms with E-state index in [1.54, 1.807) is 0 Å². The molecule has 0 saturated carbocycles. The highest BCUT2D eigenvalue weighted by molar-refractivity contribution is 8.00. The quantitative estimate of drug-likeness (QED) is 0.287. The van der Waals surface area contributed by atoms with Crippen molar-refractivity contribution in [3.8, 4) is 0 Å². The van der Waals surface area contributed by atoms with Gasteiger partial charge in [0.2, 0.25) is 5.91 Å². The van der Waals surface area contributed by atoms with Crippen LogP contribution in [0, 0.1) is 0 Å². The Hall–Kier alpha value is -2.02. The molecule has 1 aromatic carbocycles. The normalized spacial score (nSPS) is 21.7. The van der Waals surface area contributed by atoms with Gasteiger partial charge in [0, 0.05) is 29.5 Å². The molecule has 4 amide bonds. The zero-order chi connectivity index (χ0) is 25.4. The van der Waals surface area contributed by atoms with Gasteiger partial charge in [0.15, 0.2) is 0 Å². The molecule has 3 atom stereocenters. The Balaban J connectivity index is 1.41. The first-order chi connectivity index (χ1) is 16.7. The molecule has 3 unspecified atom stereocenters. The summed E-state index contributed by atoms with van der Waals surface area (Å²) < 4.78 is 0. The van der Waals surface area contributed by atoms with Crippen LogP contribution in [0.1, 0.15) is 101 Å². The van der Waals surface area contributed by atoms with Gasteiger partial charge in [0.1, 0.15) is 0 Å². The third kappa shape index (κ3) is 7.48. The summed E-state index contributed by atoms with van der Waals surface area (Å²) in [4.78, 5) is 39.4. The fourth-order valence-corrected chi connectivity index (χ4v) is 6.49. The molecule has 2 fully saturated rings. The summed E-state index contributed by atoms with van der Waals surface area (Å²) in [6, 6.07) is 7.22. The highest BCUT2D eigenvalue weighted by Crippen LogP contribution is 2.37. The first kappa shape index (κ1) is 27.6. The third-order valence-corrected chi connectivity index (χ3v) is 8.59. The van der Waals surface area contributed by atoms with Crippen molar-refractivity contribution < 1.29 is 14.4 Å². The largest absolute Gasteiger partial charge is 0.356 e. The van der Waals surface area contributed by atoms with E-state index in [2.05, 4.69) is 38.3 Å². The van der Waals surface area contributed by atoms with Gasteiger partial charge in [-0.15, -0.1) is 0 Å². The molecule has 0 bridgehead atoms. The molecule has 2 saturated heterocycles. The number of fused-ring (bicyclic) bond motifs is 1. The van der Waals surface area contributed by atoms with Crippen LogP contribution in [0.15, 0.2) is 24.3 Å². The van der Waals surface area contributed by atoms with E-state index in [9.17, 15) is 14.4 Å². The first-order valence-electron chi connectivity index (χ1n) is 13.3. The molecule has 0 aliphatic carbocycles. The van der Waals surface area contributed by atoms with E-state index in [-0.39, 0.29) is 40.6 Å². The van der Waals surface area contributed by atoms with Gasteiger partial charge in [0.05, 0.1) is 12.1 Å². The average Bonchev–Trinajstić information content (AvgIpc) is 3.35. The predicted molar refractivity (Wildman–Crippen MR) is 144 cm³/mol. The van der Waals surface area contributed by atoms with Gasteiger partial charge in [0.25, 0.3) is 5.91 Å². The standard InChI is InChI=1S/C28H43N3O3S/c1-5-6-7-8-11-18-29-24(32)13-10-9-12-23-25-22(19-35-23)31(27(34)30-25)26(33)20-14-16-21(17-15-20)28(2,3)4/h14-17,22-23,25H,5-13,18-19H2,1-4H3,(H,29,32)(H,30,34). The second-order valence-electron chi connectivity index (χ2n) is 10.9. The summed E-state index contributed by atoms with van der Waals surface area (Å²) in [7, 11) is 0. The van der Waals surface area contributed by atoms with Crippen molar-refractivity contribution in [3.05, 3.63) is 35.4 Å². The molecule has 1 aromatic rings. The van der Waals surface area contributed by atoms with Crippen molar-refractivity contribution in [3.63, 3.8) is 0 Å². The molecule has 2 aliphatic rings. The van der Waals surface area contributed by atoms with Crippen LogP contribution >= 0.6 is 11.8 Å². The molecule has 0 aromatic heterocycles. The number of carbonyl (C=O) groups is 3. The summed E-state index contributed by atoms with van der Waals surface area (Å²) in [5.41, 5.74) is 1.73. The van der Waals surface area contributed by atoms with Crippen LogP contribution < -0.4 is 10.6 Å². The van der Waals surface area contributed by atoms with Crippen LogP contribution in [-0.4, -0.2) is 52.4 Å². The Morgan fingerprint density at radius 2 is 1.77 bits per heavy atom. The number of benzene rings is 1. The lowest BCUT2D eigenvalue weighted by Crippen LogP contribution is -2.41. The number of amides is 4. The maximum absolute atomic E-state index is 13.2. The predicted octanol–water partition coefficient (Wildman–Crippen LogP) is 5.65. The van der Waals surface area contributed by atoms with Gasteiger partial charge in [-0.25, -0.2) is 4.79 Å². The summed E-state index contributed by atoms with van der Waals surface area (Å²) in [5.74, 6) is 0.683. The van der Waals surface area contributed by atoms with Crippen LogP contribution in [0.2, 0.25) is 0 Å². The van der Waals surface area contributed by atoms with E-state index in [1.807, 2.05) is 36.0 Å². The Morgan fingerprint density at radius 3 is 2.46 bits per heavy atom. The van der Waals surface area contributed by atoms with Crippen molar-refractivity contribution in [1.29, 1.82) is 0 Å². The van der Waals surface area contributed by atoms with Crippen molar-refractivity contribution in [1.82, 2.24) is 15.5 Å². The highest BCUT2D eigenvalue weighted by Gasteiger charge is 2.50. The fraction of sp³-hybridized carbons (Fsp3) is 0.679. The fourth-order valence-electron chi connectivity index (χ4n) is 4.90. The van der Waals surface area contributed by atoms with Crippen molar-refractivity contribution >= 4 is 29.6 Å². The zero-order valence-electron chi connectivity index (χ0n) is 21.9. The van der Waals surface area contributed by atoms with Gasteiger partial charge in [-0.05, 0) is 42.4 Å². The van der Waals surface area contributed by atoms with Gasteiger partial charge in [-0.3, -0.25) is 14.5 Å². The molecule has 7 heteroatoms. The molecule has 2 N–H and O–H groups in total. The number of carbonyl (C=O) groups excluding carboxylic acids is 3. The number of urea groups is 1. The first-order valence-corrected chi connectivity index (χ1v) is 14.4. The molecule has 0 radical (unpaired) electrons. The maximum Gasteiger partial charge on any atom is 0.325 e. The average molecular weight is 502 g/mol. The lowest BCUT2D eigenvalue weighted by molar-refractivity contribution is -0.121. The number of hydrogen-bond acceptors (Lipinski definition) is 4. The zero-order valence-corrected chi connectivity index (χ0v) is 22.7. The molecule has 2 aliphatic heterocycles. The topological polar surface area (TPSA) is 78.5 Å². The number of rotatable bonds is 12. The van der Waals surface area contributed by atoms with E-state index in [4.69, 9.17) is 0 Å². The molecule has 6 nitrogen and oxygen atoms in total.